The van der Waals surface area contributed by atoms with Crippen LogP contribution in [0.5, 0.6) is 0 Å². The molecular formula is C9H8ClFINO. The minimum Gasteiger partial charge on any atom is -0.322 e. The summed E-state index contributed by atoms with van der Waals surface area (Å²) in [5, 5.41) is 2.37. The third-order valence-corrected chi connectivity index (χ3v) is 2.33. The molecule has 0 aliphatic heterocycles. The van der Waals surface area contributed by atoms with Crippen molar-refractivity contribution in [3.05, 3.63) is 27.3 Å². The molecule has 1 aromatic rings. The first-order valence-corrected chi connectivity index (χ1v) is 5.37. The van der Waals surface area contributed by atoms with Crippen LogP contribution in [0.3, 0.4) is 0 Å². The second-order valence-electron chi connectivity index (χ2n) is 2.81. The molecule has 0 heterocycles. The predicted molar refractivity (Wildman–Crippen MR) is 63.3 cm³/mol. The molecule has 0 bridgehead atoms. The number of rotatable bonds is 2. The van der Waals surface area contributed by atoms with Crippen molar-refractivity contribution >= 4 is 45.8 Å². The average Bonchev–Trinajstić information content (AvgIpc) is 2.01. The van der Waals surface area contributed by atoms with Gasteiger partial charge in [-0.15, -0.1) is 0 Å². The monoisotopic (exact) mass is 327 g/mol. The molecule has 76 valence electrons. The summed E-state index contributed by atoms with van der Waals surface area (Å²) in [5.74, 6) is -0.840. The van der Waals surface area contributed by atoms with Crippen LogP contribution in [0.25, 0.3) is 0 Å². The second kappa shape index (κ2) is 4.93. The van der Waals surface area contributed by atoms with Gasteiger partial charge in [0.1, 0.15) is 0 Å². The van der Waals surface area contributed by atoms with E-state index in [0.717, 1.165) is 9.13 Å². The SMILES string of the molecule is Cc1cc(I)cc(NC(=O)C(F)Cl)c1. The van der Waals surface area contributed by atoms with Crippen LogP contribution in [0.2, 0.25) is 0 Å². The number of anilines is 1. The Balaban J connectivity index is 2.82. The molecule has 1 aromatic carbocycles. The molecule has 0 fully saturated rings. The van der Waals surface area contributed by atoms with E-state index in [-0.39, 0.29) is 0 Å². The van der Waals surface area contributed by atoms with Gasteiger partial charge < -0.3 is 5.32 Å². The van der Waals surface area contributed by atoms with E-state index in [1.807, 2.05) is 13.0 Å². The summed E-state index contributed by atoms with van der Waals surface area (Å²) >= 11 is 7.09. The van der Waals surface area contributed by atoms with Gasteiger partial charge in [-0.25, -0.2) is 4.39 Å². The molecule has 0 aliphatic rings. The lowest BCUT2D eigenvalue weighted by atomic mass is 10.2. The summed E-state index contributed by atoms with van der Waals surface area (Å²) in [4.78, 5) is 10.9. The van der Waals surface area contributed by atoms with Gasteiger partial charge >= 0.3 is 0 Å². The van der Waals surface area contributed by atoms with Gasteiger partial charge in [0.05, 0.1) is 0 Å². The minimum absolute atomic E-state index is 0.558. The number of hydrogen-bond donors (Lipinski definition) is 1. The van der Waals surface area contributed by atoms with E-state index in [1.54, 1.807) is 12.1 Å². The highest BCUT2D eigenvalue weighted by Crippen LogP contribution is 2.16. The molecule has 0 saturated carbocycles. The molecule has 1 rings (SSSR count). The number of halogens is 3. The van der Waals surface area contributed by atoms with Gasteiger partial charge in [0.2, 0.25) is 0 Å². The number of benzene rings is 1. The lowest BCUT2D eigenvalue weighted by Gasteiger charge is -2.06. The summed E-state index contributed by atoms with van der Waals surface area (Å²) in [7, 11) is 0. The van der Waals surface area contributed by atoms with Crippen LogP contribution in [0.4, 0.5) is 10.1 Å². The number of aryl methyl sites for hydroxylation is 1. The van der Waals surface area contributed by atoms with E-state index in [2.05, 4.69) is 27.9 Å². The summed E-state index contributed by atoms with van der Waals surface area (Å²) < 4.78 is 13.3. The average molecular weight is 328 g/mol. The standard InChI is InChI=1S/C9H8ClFINO/c1-5-2-6(12)4-7(3-5)13-9(14)8(10)11/h2-4,8H,1H3,(H,13,14). The van der Waals surface area contributed by atoms with Crippen LogP contribution >= 0.6 is 34.2 Å². The molecule has 0 spiro atoms. The fraction of sp³-hybridized carbons (Fsp3) is 0.222. The zero-order valence-corrected chi connectivity index (χ0v) is 10.3. The number of nitrogens with one attached hydrogen (secondary N) is 1. The summed E-state index contributed by atoms with van der Waals surface area (Å²) in [6.07, 6.45) is 0. The molecule has 0 radical (unpaired) electrons. The Morgan fingerprint density at radius 2 is 2.21 bits per heavy atom. The summed E-state index contributed by atoms with van der Waals surface area (Å²) in [5.41, 5.74) is -0.451. The van der Waals surface area contributed by atoms with E-state index in [0.29, 0.717) is 5.69 Å². The molecule has 1 N–H and O–H groups in total. The third-order valence-electron chi connectivity index (χ3n) is 1.51. The fourth-order valence-corrected chi connectivity index (χ4v) is 1.89. The van der Waals surface area contributed by atoms with E-state index < -0.39 is 11.5 Å². The minimum atomic E-state index is -2.01. The fourth-order valence-electron chi connectivity index (χ4n) is 1.01. The third kappa shape index (κ3) is 3.42. The van der Waals surface area contributed by atoms with Crippen molar-refractivity contribution in [1.29, 1.82) is 0 Å². The maximum Gasteiger partial charge on any atom is 0.274 e. The van der Waals surface area contributed by atoms with Crippen LogP contribution in [-0.4, -0.2) is 11.5 Å². The number of amides is 1. The normalized spacial score (nSPS) is 12.3. The highest BCUT2D eigenvalue weighted by Gasteiger charge is 2.13. The zero-order chi connectivity index (χ0) is 10.7. The van der Waals surface area contributed by atoms with Crippen molar-refractivity contribution in [2.75, 3.05) is 5.32 Å². The van der Waals surface area contributed by atoms with Gasteiger partial charge in [-0.3, -0.25) is 4.79 Å². The molecule has 14 heavy (non-hydrogen) atoms. The molecule has 2 nitrogen and oxygen atoms in total. The van der Waals surface area contributed by atoms with Crippen molar-refractivity contribution < 1.29 is 9.18 Å². The highest BCUT2D eigenvalue weighted by molar-refractivity contribution is 14.1. The molecule has 1 unspecified atom stereocenters. The van der Waals surface area contributed by atoms with Gasteiger partial charge in [-0.1, -0.05) is 11.6 Å². The van der Waals surface area contributed by atoms with Crippen molar-refractivity contribution in [3.8, 4) is 0 Å². The quantitative estimate of drug-likeness (QED) is 0.656. The number of hydrogen-bond acceptors (Lipinski definition) is 1. The van der Waals surface area contributed by atoms with Crippen LogP contribution in [0.15, 0.2) is 18.2 Å². The largest absolute Gasteiger partial charge is 0.322 e. The molecule has 0 saturated heterocycles. The van der Waals surface area contributed by atoms with Crippen LogP contribution in [0, 0.1) is 10.5 Å². The van der Waals surface area contributed by atoms with Gasteiger partial charge in [0.25, 0.3) is 11.5 Å². The van der Waals surface area contributed by atoms with E-state index in [1.165, 1.54) is 0 Å². The topological polar surface area (TPSA) is 29.1 Å². The Morgan fingerprint density at radius 3 is 2.71 bits per heavy atom. The number of alkyl halides is 2. The number of carbonyl (C=O) groups is 1. The Kier molecular flexibility index (Phi) is 4.12. The first-order chi connectivity index (χ1) is 6.49. The maximum absolute atomic E-state index is 12.3. The maximum atomic E-state index is 12.3. The van der Waals surface area contributed by atoms with Crippen molar-refractivity contribution in [1.82, 2.24) is 0 Å². The van der Waals surface area contributed by atoms with E-state index in [4.69, 9.17) is 11.6 Å². The molecule has 0 aliphatic carbocycles. The smallest absolute Gasteiger partial charge is 0.274 e. The van der Waals surface area contributed by atoms with Crippen LogP contribution in [-0.2, 0) is 4.79 Å². The Hall–Kier alpha value is -0.360. The molecule has 0 aromatic heterocycles. The summed E-state index contributed by atoms with van der Waals surface area (Å²) in [6.45, 7) is 1.89. The zero-order valence-electron chi connectivity index (χ0n) is 7.35. The Labute approximate surface area is 100.0 Å². The van der Waals surface area contributed by atoms with Gasteiger partial charge in [0, 0.05) is 9.26 Å². The van der Waals surface area contributed by atoms with Gasteiger partial charge in [0.15, 0.2) is 0 Å². The lowest BCUT2D eigenvalue weighted by molar-refractivity contribution is -0.118. The van der Waals surface area contributed by atoms with Crippen molar-refractivity contribution in [3.63, 3.8) is 0 Å². The summed E-state index contributed by atoms with van der Waals surface area (Å²) in [6, 6.07) is 5.44. The molecular weight excluding hydrogens is 319 g/mol. The van der Waals surface area contributed by atoms with Gasteiger partial charge in [-0.05, 0) is 53.3 Å². The van der Waals surface area contributed by atoms with Crippen molar-refractivity contribution in [2.45, 2.75) is 12.6 Å². The van der Waals surface area contributed by atoms with Gasteiger partial charge in [-0.2, -0.15) is 0 Å². The first-order valence-electron chi connectivity index (χ1n) is 3.85. The van der Waals surface area contributed by atoms with Crippen LogP contribution in [0.1, 0.15) is 5.56 Å². The first kappa shape index (κ1) is 11.7. The molecule has 1 amide bonds. The highest BCUT2D eigenvalue weighted by atomic mass is 127. The van der Waals surface area contributed by atoms with Crippen molar-refractivity contribution in [2.24, 2.45) is 0 Å². The van der Waals surface area contributed by atoms with E-state index >= 15 is 0 Å². The predicted octanol–water partition coefficient (Wildman–Crippen LogP) is 3.07. The lowest BCUT2D eigenvalue weighted by Crippen LogP contribution is -2.19. The molecule has 1 atom stereocenters. The Morgan fingerprint density at radius 1 is 1.57 bits per heavy atom. The Bertz CT molecular complexity index is 336. The number of carbonyl (C=O) groups excluding carboxylic acids is 1. The van der Waals surface area contributed by atoms with E-state index in [9.17, 15) is 9.18 Å². The molecule has 5 heteroatoms. The second-order valence-corrected chi connectivity index (χ2v) is 4.44. The van der Waals surface area contributed by atoms with Crippen LogP contribution < -0.4 is 5.32 Å².